The molecule has 7 nitrogen and oxygen atoms in total. The molecule has 150 valence electrons. The first kappa shape index (κ1) is 19.0. The molecule has 2 aliphatic rings. The van der Waals surface area contributed by atoms with Crippen molar-refractivity contribution >= 4 is 11.6 Å². The lowest BCUT2D eigenvalue weighted by Gasteiger charge is -2.35. The second-order valence-electron chi connectivity index (χ2n) is 7.57. The zero-order chi connectivity index (χ0) is 19.3. The highest BCUT2D eigenvalue weighted by Crippen LogP contribution is 2.18. The first-order valence-corrected chi connectivity index (χ1v) is 10.1. The second-order valence-corrected chi connectivity index (χ2v) is 7.57. The van der Waals surface area contributed by atoms with Crippen molar-refractivity contribution < 1.29 is 13.9 Å². The smallest absolute Gasteiger partial charge is 0.273 e. The average molecular weight is 384 g/mol. The Balaban J connectivity index is 1.24. The van der Waals surface area contributed by atoms with Crippen molar-refractivity contribution in [3.8, 4) is 0 Å². The summed E-state index contributed by atoms with van der Waals surface area (Å²) in [5.41, 5.74) is 2.89. The predicted molar refractivity (Wildman–Crippen MR) is 106 cm³/mol. The molecule has 0 radical (unpaired) electrons. The molecule has 3 heterocycles. The van der Waals surface area contributed by atoms with Gasteiger partial charge in [0, 0.05) is 45.0 Å². The quantitative estimate of drug-likeness (QED) is 0.824. The highest BCUT2D eigenvalue weighted by atomic mass is 16.5. The Morgan fingerprint density at radius 2 is 2.00 bits per heavy atom. The Bertz CT molecular complexity index is 775. The number of amides is 1. The number of anilines is 1. The van der Waals surface area contributed by atoms with Crippen molar-refractivity contribution in [3.63, 3.8) is 0 Å². The molecule has 0 unspecified atom stereocenters. The van der Waals surface area contributed by atoms with Gasteiger partial charge in [-0.25, -0.2) is 4.98 Å². The summed E-state index contributed by atoms with van der Waals surface area (Å²) in [4.78, 5) is 21.3. The van der Waals surface area contributed by atoms with Crippen LogP contribution >= 0.6 is 0 Å². The number of aryl methyl sites for hydroxylation is 1. The molecule has 1 amide bonds. The van der Waals surface area contributed by atoms with Gasteiger partial charge in [0.05, 0.1) is 12.6 Å². The standard InChI is InChI=1S/C21H28N4O3/c1-16-4-6-17(7-5-16)25-10-8-24(9-11-25)14-20-23-19(15-28-20)21(26)22-13-18-3-2-12-27-18/h4-7,15,18H,2-3,8-14H2,1H3,(H,22,26)/t18-/m1/s1. The summed E-state index contributed by atoms with van der Waals surface area (Å²) in [6, 6.07) is 8.67. The van der Waals surface area contributed by atoms with Gasteiger partial charge in [-0.1, -0.05) is 17.7 Å². The number of nitrogens with one attached hydrogen (secondary N) is 1. The summed E-state index contributed by atoms with van der Waals surface area (Å²) in [5, 5.41) is 2.88. The number of hydrogen-bond acceptors (Lipinski definition) is 6. The van der Waals surface area contributed by atoms with Crippen molar-refractivity contribution in [2.75, 3.05) is 44.2 Å². The van der Waals surface area contributed by atoms with Gasteiger partial charge in [0.15, 0.2) is 5.69 Å². The molecule has 2 fully saturated rings. The van der Waals surface area contributed by atoms with Crippen molar-refractivity contribution in [1.82, 2.24) is 15.2 Å². The molecule has 0 saturated carbocycles. The fraction of sp³-hybridized carbons (Fsp3) is 0.524. The van der Waals surface area contributed by atoms with Crippen LogP contribution in [-0.4, -0.2) is 61.2 Å². The highest BCUT2D eigenvalue weighted by Gasteiger charge is 2.21. The van der Waals surface area contributed by atoms with E-state index in [2.05, 4.69) is 51.3 Å². The summed E-state index contributed by atoms with van der Waals surface area (Å²) < 4.78 is 11.0. The third-order valence-corrected chi connectivity index (χ3v) is 5.43. The summed E-state index contributed by atoms with van der Waals surface area (Å²) in [7, 11) is 0. The zero-order valence-corrected chi connectivity index (χ0v) is 16.4. The van der Waals surface area contributed by atoms with Crippen molar-refractivity contribution in [3.05, 3.63) is 47.7 Å². The van der Waals surface area contributed by atoms with Gasteiger partial charge in [-0.3, -0.25) is 9.69 Å². The Morgan fingerprint density at radius 3 is 2.71 bits per heavy atom. The summed E-state index contributed by atoms with van der Waals surface area (Å²) in [6.45, 7) is 7.87. The number of piperazine rings is 1. The van der Waals surface area contributed by atoms with Crippen molar-refractivity contribution in [1.29, 1.82) is 0 Å². The van der Waals surface area contributed by atoms with Crippen LogP contribution in [0.15, 0.2) is 34.9 Å². The van der Waals surface area contributed by atoms with Crippen molar-refractivity contribution in [2.45, 2.75) is 32.4 Å². The summed E-state index contributed by atoms with van der Waals surface area (Å²) >= 11 is 0. The van der Waals surface area contributed by atoms with Gasteiger partial charge in [0.1, 0.15) is 6.26 Å². The number of ether oxygens (including phenoxy) is 1. The van der Waals surface area contributed by atoms with Gasteiger partial charge in [-0.2, -0.15) is 0 Å². The molecule has 0 bridgehead atoms. The van der Waals surface area contributed by atoms with Crippen LogP contribution in [0.3, 0.4) is 0 Å². The molecule has 1 N–H and O–H groups in total. The van der Waals surface area contributed by atoms with Crippen LogP contribution in [0.4, 0.5) is 5.69 Å². The number of aromatic nitrogens is 1. The van der Waals surface area contributed by atoms with E-state index in [9.17, 15) is 4.79 Å². The first-order chi connectivity index (χ1) is 13.7. The average Bonchev–Trinajstić information content (AvgIpc) is 3.40. The molecule has 1 aromatic carbocycles. The first-order valence-electron chi connectivity index (χ1n) is 10.1. The van der Waals surface area contributed by atoms with Crippen LogP contribution in [0.5, 0.6) is 0 Å². The zero-order valence-electron chi connectivity index (χ0n) is 16.4. The van der Waals surface area contributed by atoms with Gasteiger partial charge in [0.2, 0.25) is 5.89 Å². The van der Waals surface area contributed by atoms with Gasteiger partial charge >= 0.3 is 0 Å². The van der Waals surface area contributed by atoms with Gasteiger partial charge in [-0.15, -0.1) is 0 Å². The topological polar surface area (TPSA) is 70.8 Å². The molecule has 0 aliphatic carbocycles. The molecule has 1 aromatic heterocycles. The minimum Gasteiger partial charge on any atom is -0.447 e. The molecule has 1 atom stereocenters. The maximum Gasteiger partial charge on any atom is 0.273 e. The molecule has 0 spiro atoms. The van der Waals surface area contributed by atoms with Gasteiger partial charge in [-0.05, 0) is 31.9 Å². The number of oxazole rings is 1. The minimum absolute atomic E-state index is 0.125. The number of nitrogens with zero attached hydrogens (tertiary/aromatic N) is 3. The fourth-order valence-electron chi connectivity index (χ4n) is 3.70. The third kappa shape index (κ3) is 4.72. The third-order valence-electron chi connectivity index (χ3n) is 5.43. The maximum atomic E-state index is 12.2. The van der Waals surface area contributed by atoms with Crippen LogP contribution in [-0.2, 0) is 11.3 Å². The van der Waals surface area contributed by atoms with E-state index in [1.54, 1.807) is 0 Å². The monoisotopic (exact) mass is 384 g/mol. The van der Waals surface area contributed by atoms with E-state index >= 15 is 0 Å². The molecule has 28 heavy (non-hydrogen) atoms. The van der Waals surface area contributed by atoms with Crippen LogP contribution in [0, 0.1) is 6.92 Å². The largest absolute Gasteiger partial charge is 0.447 e. The number of hydrogen-bond donors (Lipinski definition) is 1. The number of carbonyl (C=O) groups excluding carboxylic acids is 1. The van der Waals surface area contributed by atoms with E-state index < -0.39 is 0 Å². The minimum atomic E-state index is -0.199. The molecule has 2 aliphatic heterocycles. The van der Waals surface area contributed by atoms with E-state index in [1.165, 1.54) is 17.5 Å². The molecule has 2 aromatic rings. The van der Waals surface area contributed by atoms with Crippen LogP contribution in [0.25, 0.3) is 0 Å². The number of rotatable bonds is 6. The lowest BCUT2D eigenvalue weighted by atomic mass is 10.2. The molecule has 2 saturated heterocycles. The van der Waals surface area contributed by atoms with Crippen LogP contribution in [0.1, 0.15) is 34.8 Å². The molecule has 4 rings (SSSR count). The summed E-state index contributed by atoms with van der Waals surface area (Å²) in [6.07, 6.45) is 3.63. The van der Waals surface area contributed by atoms with E-state index in [4.69, 9.17) is 9.15 Å². The Morgan fingerprint density at radius 1 is 1.21 bits per heavy atom. The fourth-order valence-corrected chi connectivity index (χ4v) is 3.70. The van der Waals surface area contributed by atoms with Crippen molar-refractivity contribution in [2.24, 2.45) is 0 Å². The maximum absolute atomic E-state index is 12.2. The van der Waals surface area contributed by atoms with Gasteiger partial charge in [0.25, 0.3) is 5.91 Å². The molecule has 7 heteroatoms. The normalized spacial score (nSPS) is 20.5. The van der Waals surface area contributed by atoms with Crippen LogP contribution < -0.4 is 10.2 Å². The summed E-state index contributed by atoms with van der Waals surface area (Å²) in [5.74, 6) is 0.390. The SMILES string of the molecule is Cc1ccc(N2CCN(Cc3nc(C(=O)NC[C@H]4CCCO4)co3)CC2)cc1. The molecular formula is C21H28N4O3. The van der Waals surface area contributed by atoms with E-state index in [-0.39, 0.29) is 12.0 Å². The van der Waals surface area contributed by atoms with E-state index in [0.717, 1.165) is 45.6 Å². The highest BCUT2D eigenvalue weighted by molar-refractivity contribution is 5.91. The Kier molecular flexibility index (Phi) is 5.92. The lowest BCUT2D eigenvalue weighted by Crippen LogP contribution is -2.46. The van der Waals surface area contributed by atoms with Gasteiger partial charge < -0.3 is 19.4 Å². The Labute approximate surface area is 165 Å². The van der Waals surface area contributed by atoms with E-state index in [1.807, 2.05) is 0 Å². The number of benzene rings is 1. The van der Waals surface area contributed by atoms with E-state index in [0.29, 0.717) is 24.7 Å². The number of carbonyl (C=O) groups is 1. The Hall–Kier alpha value is -2.38. The van der Waals surface area contributed by atoms with Crippen LogP contribution in [0.2, 0.25) is 0 Å². The second kappa shape index (κ2) is 8.75. The lowest BCUT2D eigenvalue weighted by molar-refractivity contribution is 0.0853. The molecular weight excluding hydrogens is 356 g/mol. The predicted octanol–water partition coefficient (Wildman–Crippen LogP) is 2.21.